The highest BCUT2D eigenvalue weighted by molar-refractivity contribution is 7.91. The molecule has 0 saturated carbocycles. The van der Waals surface area contributed by atoms with Gasteiger partial charge in [-0.2, -0.15) is 0 Å². The molecule has 0 aliphatic carbocycles. The maximum atomic E-state index is 12.9. The zero-order chi connectivity index (χ0) is 21.6. The van der Waals surface area contributed by atoms with Gasteiger partial charge in [0.1, 0.15) is 35.8 Å². The molecule has 1 fully saturated rings. The molecule has 0 radical (unpaired) electrons. The Morgan fingerprint density at radius 2 is 1.63 bits per heavy atom. The lowest BCUT2D eigenvalue weighted by atomic mass is 9.89. The minimum atomic E-state index is -3.45. The fourth-order valence-corrected chi connectivity index (χ4v) is 6.39. The van der Waals surface area contributed by atoms with Crippen molar-refractivity contribution in [3.05, 3.63) is 70.3 Å². The third kappa shape index (κ3) is 3.57. The predicted molar refractivity (Wildman–Crippen MR) is 109 cm³/mol. The topological polar surface area (TPSA) is 124 Å². The summed E-state index contributed by atoms with van der Waals surface area (Å²) in [4.78, 5) is 0. The van der Waals surface area contributed by atoms with Crippen LogP contribution in [0.15, 0.2) is 42.5 Å². The highest BCUT2D eigenvalue weighted by Gasteiger charge is 2.45. The molecule has 1 saturated heterocycles. The summed E-state index contributed by atoms with van der Waals surface area (Å²) in [5.74, 6) is -0.0719. The van der Waals surface area contributed by atoms with Gasteiger partial charge in [0, 0.05) is 0 Å². The number of sulfone groups is 1. The molecule has 0 bridgehead atoms. The van der Waals surface area contributed by atoms with E-state index in [-0.39, 0.29) is 5.75 Å². The SMILES string of the molecule is CCc1ccc(C2c3cc(C4OC(CO)C(O)C(O)C4O)ccc3CS2(=O)=O)cc1. The van der Waals surface area contributed by atoms with Crippen LogP contribution >= 0.6 is 0 Å². The van der Waals surface area contributed by atoms with Crippen molar-refractivity contribution in [2.24, 2.45) is 0 Å². The van der Waals surface area contributed by atoms with Crippen LogP contribution in [-0.4, -0.2) is 59.9 Å². The smallest absolute Gasteiger partial charge is 0.165 e. The first-order valence-electron chi connectivity index (χ1n) is 10.0. The summed E-state index contributed by atoms with van der Waals surface area (Å²) in [7, 11) is -3.45. The molecule has 4 N–H and O–H groups in total. The molecular formula is C22H26O7S. The normalized spacial score (nSPS) is 32.7. The first kappa shape index (κ1) is 21.4. The molecular weight excluding hydrogens is 408 g/mol. The first-order chi connectivity index (χ1) is 14.3. The first-order valence-corrected chi connectivity index (χ1v) is 11.7. The Bertz CT molecular complexity index is 1020. The summed E-state index contributed by atoms with van der Waals surface area (Å²) in [5.41, 5.74) is 3.58. The molecule has 2 heterocycles. The van der Waals surface area contributed by atoms with Crippen molar-refractivity contribution >= 4 is 9.84 Å². The van der Waals surface area contributed by atoms with Gasteiger partial charge >= 0.3 is 0 Å². The Morgan fingerprint density at radius 1 is 0.967 bits per heavy atom. The van der Waals surface area contributed by atoms with E-state index in [0.29, 0.717) is 22.3 Å². The minimum absolute atomic E-state index is 0.0719. The molecule has 0 aromatic heterocycles. The van der Waals surface area contributed by atoms with Crippen molar-refractivity contribution in [2.45, 2.75) is 54.9 Å². The Morgan fingerprint density at radius 3 is 2.27 bits per heavy atom. The second-order valence-corrected chi connectivity index (χ2v) is 10.1. The van der Waals surface area contributed by atoms with E-state index in [9.17, 15) is 28.8 Å². The van der Waals surface area contributed by atoms with Crippen LogP contribution in [0.4, 0.5) is 0 Å². The highest BCUT2D eigenvalue weighted by atomic mass is 32.2. The zero-order valence-electron chi connectivity index (χ0n) is 16.5. The molecule has 2 aliphatic heterocycles. The van der Waals surface area contributed by atoms with Crippen LogP contribution in [0.1, 0.15) is 46.1 Å². The van der Waals surface area contributed by atoms with E-state index in [1.807, 2.05) is 31.2 Å². The number of fused-ring (bicyclic) bond motifs is 1. The molecule has 7 nitrogen and oxygen atoms in total. The van der Waals surface area contributed by atoms with Crippen molar-refractivity contribution in [3.63, 3.8) is 0 Å². The van der Waals surface area contributed by atoms with Gasteiger partial charge in [0.15, 0.2) is 9.84 Å². The summed E-state index contributed by atoms with van der Waals surface area (Å²) in [6, 6.07) is 12.5. The van der Waals surface area contributed by atoms with E-state index < -0.39 is 52.2 Å². The molecule has 2 aromatic rings. The standard InChI is InChI=1S/C22H26O7S/c1-2-12-3-5-13(6-4-12)22-16-9-14(7-8-15(16)11-30(22,27)28)21-20(26)19(25)18(24)17(10-23)29-21/h3-9,17-26H,2,10-11H2,1H3. The summed E-state index contributed by atoms with van der Waals surface area (Å²) in [6.07, 6.45) is -5.52. The van der Waals surface area contributed by atoms with Crippen LogP contribution in [-0.2, 0) is 26.7 Å². The summed E-state index contributed by atoms with van der Waals surface area (Å²) >= 11 is 0. The Labute approximate surface area is 175 Å². The molecule has 8 heteroatoms. The van der Waals surface area contributed by atoms with Gasteiger partial charge in [-0.3, -0.25) is 0 Å². The van der Waals surface area contributed by atoms with Gasteiger partial charge in [0.25, 0.3) is 0 Å². The molecule has 2 aliphatic rings. The average molecular weight is 435 g/mol. The van der Waals surface area contributed by atoms with E-state index >= 15 is 0 Å². The average Bonchev–Trinajstić information content (AvgIpc) is 3.01. The van der Waals surface area contributed by atoms with Crippen LogP contribution in [0.5, 0.6) is 0 Å². The summed E-state index contributed by atoms with van der Waals surface area (Å²) in [6.45, 7) is 1.51. The fourth-order valence-electron chi connectivity index (χ4n) is 4.35. The van der Waals surface area contributed by atoms with Crippen molar-refractivity contribution in [3.8, 4) is 0 Å². The van der Waals surface area contributed by atoms with Crippen molar-refractivity contribution in [1.82, 2.24) is 0 Å². The fraction of sp³-hybridized carbons (Fsp3) is 0.455. The maximum absolute atomic E-state index is 12.9. The lowest BCUT2D eigenvalue weighted by Gasteiger charge is -2.40. The Balaban J connectivity index is 1.74. The molecule has 162 valence electrons. The number of hydrogen-bond donors (Lipinski definition) is 4. The van der Waals surface area contributed by atoms with Gasteiger partial charge in [0.2, 0.25) is 0 Å². The molecule has 0 spiro atoms. The van der Waals surface area contributed by atoms with Crippen LogP contribution in [0.3, 0.4) is 0 Å². The number of aryl methyl sites for hydroxylation is 1. The maximum Gasteiger partial charge on any atom is 0.165 e. The molecule has 6 atom stereocenters. The van der Waals surface area contributed by atoms with Gasteiger partial charge in [-0.15, -0.1) is 0 Å². The number of aliphatic hydroxyl groups is 4. The summed E-state index contributed by atoms with van der Waals surface area (Å²) in [5, 5.41) is 39.1. The lowest BCUT2D eigenvalue weighted by molar-refractivity contribution is -0.231. The highest BCUT2D eigenvalue weighted by Crippen LogP contribution is 2.43. The van der Waals surface area contributed by atoms with Crippen LogP contribution < -0.4 is 0 Å². The van der Waals surface area contributed by atoms with Crippen LogP contribution in [0.25, 0.3) is 0 Å². The second-order valence-electron chi connectivity index (χ2n) is 7.99. The number of ether oxygens (including phenoxy) is 1. The van der Waals surface area contributed by atoms with E-state index in [1.54, 1.807) is 18.2 Å². The molecule has 4 rings (SSSR count). The van der Waals surface area contributed by atoms with E-state index in [4.69, 9.17) is 4.74 Å². The van der Waals surface area contributed by atoms with Gasteiger partial charge in [0.05, 0.1) is 12.4 Å². The molecule has 6 unspecified atom stereocenters. The van der Waals surface area contributed by atoms with Crippen molar-refractivity contribution in [2.75, 3.05) is 6.61 Å². The van der Waals surface area contributed by atoms with Crippen molar-refractivity contribution < 1.29 is 33.6 Å². The number of hydrogen-bond acceptors (Lipinski definition) is 7. The predicted octanol–water partition coefficient (Wildman–Crippen LogP) is 0.782. The van der Waals surface area contributed by atoms with Crippen molar-refractivity contribution in [1.29, 1.82) is 0 Å². The number of benzene rings is 2. The lowest BCUT2D eigenvalue weighted by Crippen LogP contribution is -2.55. The Hall–Kier alpha value is -1.81. The van der Waals surface area contributed by atoms with Gasteiger partial charge < -0.3 is 25.2 Å². The molecule has 0 amide bonds. The quantitative estimate of drug-likeness (QED) is 0.561. The molecule has 2 aromatic carbocycles. The summed E-state index contributed by atoms with van der Waals surface area (Å²) < 4.78 is 31.5. The largest absolute Gasteiger partial charge is 0.394 e. The number of aliphatic hydroxyl groups excluding tert-OH is 4. The van der Waals surface area contributed by atoms with Gasteiger partial charge in [-0.25, -0.2) is 8.42 Å². The second kappa shape index (κ2) is 8.03. The number of rotatable bonds is 4. The Kier molecular flexibility index (Phi) is 5.73. The monoisotopic (exact) mass is 434 g/mol. The van der Waals surface area contributed by atoms with Gasteiger partial charge in [-0.05, 0) is 34.2 Å². The van der Waals surface area contributed by atoms with E-state index in [0.717, 1.165) is 12.0 Å². The van der Waals surface area contributed by atoms with Crippen LogP contribution in [0.2, 0.25) is 0 Å². The van der Waals surface area contributed by atoms with E-state index in [2.05, 4.69) is 0 Å². The zero-order valence-corrected chi connectivity index (χ0v) is 17.4. The van der Waals surface area contributed by atoms with Crippen LogP contribution in [0, 0.1) is 0 Å². The molecule has 30 heavy (non-hydrogen) atoms. The van der Waals surface area contributed by atoms with E-state index in [1.165, 1.54) is 0 Å². The minimum Gasteiger partial charge on any atom is -0.394 e. The third-order valence-corrected chi connectivity index (χ3v) is 8.04. The van der Waals surface area contributed by atoms with Gasteiger partial charge in [-0.1, -0.05) is 49.4 Å². The third-order valence-electron chi connectivity index (χ3n) is 6.08.